The van der Waals surface area contributed by atoms with Crippen molar-refractivity contribution in [1.29, 1.82) is 5.26 Å². The van der Waals surface area contributed by atoms with Crippen molar-refractivity contribution in [1.82, 2.24) is 0 Å². The standard InChI is InChI=1S/C18H19NO2/c1-18(13-19,15-7-5-4-6-8-15)12-14-11-16(20-2)9-10-17(14)21-3/h4-11H,12H2,1-3H3. The van der Waals surface area contributed by atoms with Gasteiger partial charge in [0, 0.05) is 0 Å². The summed E-state index contributed by atoms with van der Waals surface area (Å²) in [5.74, 6) is 1.53. The maximum absolute atomic E-state index is 9.67. The highest BCUT2D eigenvalue weighted by Gasteiger charge is 2.28. The smallest absolute Gasteiger partial charge is 0.122 e. The molecule has 0 saturated heterocycles. The Labute approximate surface area is 125 Å². The minimum atomic E-state index is -0.610. The lowest BCUT2D eigenvalue weighted by Crippen LogP contribution is -2.23. The summed E-state index contributed by atoms with van der Waals surface area (Å²) >= 11 is 0. The molecule has 3 nitrogen and oxygen atoms in total. The summed E-state index contributed by atoms with van der Waals surface area (Å²) in [5, 5.41) is 9.67. The van der Waals surface area contributed by atoms with Gasteiger partial charge in [-0.1, -0.05) is 30.3 Å². The average Bonchev–Trinajstić information content (AvgIpc) is 2.55. The lowest BCUT2D eigenvalue weighted by Gasteiger charge is -2.23. The van der Waals surface area contributed by atoms with Gasteiger partial charge in [-0.3, -0.25) is 0 Å². The van der Waals surface area contributed by atoms with Gasteiger partial charge < -0.3 is 9.47 Å². The fourth-order valence-electron chi connectivity index (χ4n) is 2.41. The van der Waals surface area contributed by atoms with Gasteiger partial charge in [0.1, 0.15) is 11.5 Å². The molecule has 0 spiro atoms. The predicted octanol–water partition coefficient (Wildman–Crippen LogP) is 3.73. The topological polar surface area (TPSA) is 42.2 Å². The van der Waals surface area contributed by atoms with Crippen molar-refractivity contribution in [3.8, 4) is 17.6 Å². The van der Waals surface area contributed by atoms with Crippen LogP contribution in [-0.4, -0.2) is 14.2 Å². The van der Waals surface area contributed by atoms with E-state index in [-0.39, 0.29) is 0 Å². The van der Waals surface area contributed by atoms with Gasteiger partial charge in [-0.2, -0.15) is 5.26 Å². The molecule has 108 valence electrons. The van der Waals surface area contributed by atoms with Crippen LogP contribution in [0.15, 0.2) is 48.5 Å². The molecular weight excluding hydrogens is 262 g/mol. The molecule has 2 rings (SSSR count). The van der Waals surface area contributed by atoms with Crippen molar-refractivity contribution in [3.63, 3.8) is 0 Å². The van der Waals surface area contributed by atoms with E-state index in [0.29, 0.717) is 6.42 Å². The van der Waals surface area contributed by atoms with Crippen molar-refractivity contribution in [3.05, 3.63) is 59.7 Å². The molecule has 0 fully saturated rings. The maximum Gasteiger partial charge on any atom is 0.122 e. The van der Waals surface area contributed by atoms with E-state index in [1.807, 2.05) is 55.5 Å². The van der Waals surface area contributed by atoms with Gasteiger partial charge in [0.2, 0.25) is 0 Å². The Morgan fingerprint density at radius 3 is 2.33 bits per heavy atom. The number of methoxy groups -OCH3 is 2. The Morgan fingerprint density at radius 2 is 1.76 bits per heavy atom. The van der Waals surface area contributed by atoms with Crippen LogP contribution >= 0.6 is 0 Å². The number of ether oxygens (including phenoxy) is 2. The largest absolute Gasteiger partial charge is 0.497 e. The monoisotopic (exact) mass is 281 g/mol. The van der Waals surface area contributed by atoms with Crippen LogP contribution in [0.25, 0.3) is 0 Å². The van der Waals surface area contributed by atoms with Gasteiger partial charge in [-0.05, 0) is 42.7 Å². The number of nitriles is 1. The number of benzene rings is 2. The number of hydrogen-bond donors (Lipinski definition) is 0. The molecule has 0 aliphatic heterocycles. The highest BCUT2D eigenvalue weighted by atomic mass is 16.5. The van der Waals surface area contributed by atoms with Crippen LogP contribution < -0.4 is 9.47 Å². The lowest BCUT2D eigenvalue weighted by molar-refractivity contribution is 0.395. The van der Waals surface area contributed by atoms with Gasteiger partial charge in [0.05, 0.1) is 25.7 Å². The van der Waals surface area contributed by atoms with Crippen molar-refractivity contribution in [2.75, 3.05) is 14.2 Å². The second-order valence-electron chi connectivity index (χ2n) is 5.16. The third kappa shape index (κ3) is 3.17. The average molecular weight is 281 g/mol. The van der Waals surface area contributed by atoms with Crippen molar-refractivity contribution in [2.45, 2.75) is 18.8 Å². The molecule has 0 heterocycles. The minimum Gasteiger partial charge on any atom is -0.497 e. The van der Waals surface area contributed by atoms with Gasteiger partial charge in [-0.15, -0.1) is 0 Å². The van der Waals surface area contributed by atoms with Crippen LogP contribution in [0.1, 0.15) is 18.1 Å². The summed E-state index contributed by atoms with van der Waals surface area (Å²) in [5.41, 5.74) is 1.35. The van der Waals surface area contributed by atoms with Crippen molar-refractivity contribution < 1.29 is 9.47 Å². The molecule has 0 aliphatic carbocycles. The van der Waals surface area contributed by atoms with Crippen LogP contribution in [0.5, 0.6) is 11.5 Å². The van der Waals surface area contributed by atoms with Gasteiger partial charge >= 0.3 is 0 Å². The van der Waals surface area contributed by atoms with Gasteiger partial charge in [-0.25, -0.2) is 0 Å². The summed E-state index contributed by atoms with van der Waals surface area (Å²) in [4.78, 5) is 0. The van der Waals surface area contributed by atoms with E-state index >= 15 is 0 Å². The van der Waals surface area contributed by atoms with Gasteiger partial charge in [0.25, 0.3) is 0 Å². The summed E-state index contributed by atoms with van der Waals surface area (Å²) in [6.45, 7) is 1.95. The third-order valence-corrected chi connectivity index (χ3v) is 3.69. The minimum absolute atomic E-state index is 0.563. The van der Waals surface area contributed by atoms with E-state index in [0.717, 1.165) is 22.6 Å². The quantitative estimate of drug-likeness (QED) is 0.838. The molecule has 2 aromatic rings. The van der Waals surface area contributed by atoms with E-state index < -0.39 is 5.41 Å². The lowest BCUT2D eigenvalue weighted by atomic mass is 9.78. The van der Waals surface area contributed by atoms with Crippen molar-refractivity contribution >= 4 is 0 Å². The Balaban J connectivity index is 2.41. The normalized spacial score (nSPS) is 13.0. The zero-order chi connectivity index (χ0) is 15.3. The molecule has 3 heteroatoms. The van der Waals surface area contributed by atoms with E-state index in [1.54, 1.807) is 14.2 Å². The van der Waals surface area contributed by atoms with E-state index in [4.69, 9.17) is 9.47 Å². The summed E-state index contributed by atoms with van der Waals surface area (Å²) in [7, 11) is 3.27. The fraction of sp³-hybridized carbons (Fsp3) is 0.278. The predicted molar refractivity (Wildman–Crippen MR) is 82.7 cm³/mol. The SMILES string of the molecule is COc1ccc(OC)c(CC(C)(C#N)c2ccccc2)c1. The molecule has 21 heavy (non-hydrogen) atoms. The first kappa shape index (κ1) is 14.9. The Morgan fingerprint density at radius 1 is 1.05 bits per heavy atom. The van der Waals surface area contributed by atoms with E-state index in [1.165, 1.54) is 0 Å². The first-order chi connectivity index (χ1) is 10.1. The summed E-state index contributed by atoms with van der Waals surface area (Å²) in [6.07, 6.45) is 0.563. The summed E-state index contributed by atoms with van der Waals surface area (Å²) in [6, 6.07) is 17.9. The van der Waals surface area contributed by atoms with Crippen LogP contribution in [0.2, 0.25) is 0 Å². The number of nitrogens with zero attached hydrogens (tertiary/aromatic N) is 1. The Hall–Kier alpha value is -2.47. The first-order valence-corrected chi connectivity index (χ1v) is 6.80. The van der Waals surface area contributed by atoms with E-state index in [9.17, 15) is 5.26 Å². The molecule has 1 unspecified atom stereocenters. The molecule has 0 amide bonds. The Kier molecular flexibility index (Phi) is 4.49. The van der Waals surface area contributed by atoms with Gasteiger partial charge in [0.15, 0.2) is 0 Å². The van der Waals surface area contributed by atoms with Crippen LogP contribution in [0.4, 0.5) is 0 Å². The Bertz CT molecular complexity index is 646. The molecule has 1 atom stereocenters. The number of rotatable bonds is 5. The highest BCUT2D eigenvalue weighted by Crippen LogP contribution is 2.33. The number of hydrogen-bond acceptors (Lipinski definition) is 3. The van der Waals surface area contributed by atoms with Crippen LogP contribution in [0, 0.1) is 11.3 Å². The molecule has 0 saturated carbocycles. The highest BCUT2D eigenvalue weighted by molar-refractivity contribution is 5.44. The molecule has 0 radical (unpaired) electrons. The molecular formula is C18H19NO2. The first-order valence-electron chi connectivity index (χ1n) is 6.80. The summed E-state index contributed by atoms with van der Waals surface area (Å²) < 4.78 is 10.7. The van der Waals surface area contributed by atoms with Crippen LogP contribution in [-0.2, 0) is 11.8 Å². The molecule has 0 bridgehead atoms. The fourth-order valence-corrected chi connectivity index (χ4v) is 2.41. The molecule has 0 aromatic heterocycles. The second kappa shape index (κ2) is 6.32. The molecule has 2 aromatic carbocycles. The second-order valence-corrected chi connectivity index (χ2v) is 5.16. The van der Waals surface area contributed by atoms with E-state index in [2.05, 4.69) is 6.07 Å². The van der Waals surface area contributed by atoms with Crippen molar-refractivity contribution in [2.24, 2.45) is 0 Å². The zero-order valence-corrected chi connectivity index (χ0v) is 12.6. The molecule has 0 aliphatic rings. The van der Waals surface area contributed by atoms with Crippen LogP contribution in [0.3, 0.4) is 0 Å². The zero-order valence-electron chi connectivity index (χ0n) is 12.6. The third-order valence-electron chi connectivity index (χ3n) is 3.69. The maximum atomic E-state index is 9.67. The molecule has 0 N–H and O–H groups in total.